The van der Waals surface area contributed by atoms with E-state index in [4.69, 9.17) is 0 Å². The lowest BCUT2D eigenvalue weighted by Crippen LogP contribution is -2.37. The largest absolute Gasteiger partial charge is 0.434 e. The molecule has 0 atom stereocenters. The van der Waals surface area contributed by atoms with Gasteiger partial charge in [-0.1, -0.05) is 12.1 Å². The van der Waals surface area contributed by atoms with Crippen LogP contribution >= 0.6 is 11.3 Å². The Balaban J connectivity index is 1.81. The van der Waals surface area contributed by atoms with Crippen LogP contribution in [0.4, 0.5) is 13.2 Å². The van der Waals surface area contributed by atoms with Gasteiger partial charge in [0, 0.05) is 25.2 Å². The molecule has 0 saturated heterocycles. The molecule has 2 N–H and O–H groups in total. The van der Waals surface area contributed by atoms with Crippen LogP contribution < -0.4 is 10.6 Å². The molecule has 148 valence electrons. The van der Waals surface area contributed by atoms with E-state index in [1.54, 1.807) is 31.3 Å². The summed E-state index contributed by atoms with van der Waals surface area (Å²) in [5, 5.41) is 7.24. The number of alkyl halides is 3. The number of sulfone groups is 1. The third kappa shape index (κ3) is 6.51. The Hall–Kier alpha value is -2.14. The van der Waals surface area contributed by atoms with Crippen molar-refractivity contribution in [2.45, 2.75) is 24.0 Å². The van der Waals surface area contributed by atoms with Gasteiger partial charge in [0.25, 0.3) is 0 Å². The second-order valence-electron chi connectivity index (χ2n) is 5.64. The number of hydrogen-bond acceptors (Lipinski definition) is 5. The van der Waals surface area contributed by atoms with Crippen molar-refractivity contribution in [2.75, 3.05) is 19.8 Å². The number of halogens is 3. The van der Waals surface area contributed by atoms with E-state index in [2.05, 4.69) is 20.6 Å². The summed E-state index contributed by atoms with van der Waals surface area (Å²) in [5.74, 6) is 0.437. The molecule has 0 bridgehead atoms. The van der Waals surface area contributed by atoms with Crippen LogP contribution in [0.1, 0.15) is 16.3 Å². The quantitative estimate of drug-likeness (QED) is 0.554. The van der Waals surface area contributed by atoms with Crippen LogP contribution in [0.3, 0.4) is 0 Å². The Morgan fingerprint density at radius 2 is 1.89 bits per heavy atom. The third-order valence-corrected chi connectivity index (χ3v) is 5.51. The van der Waals surface area contributed by atoms with E-state index in [0.717, 1.165) is 28.5 Å². The number of nitrogens with zero attached hydrogens (tertiary/aromatic N) is 2. The molecular weight excluding hydrogens is 401 g/mol. The van der Waals surface area contributed by atoms with Crippen molar-refractivity contribution in [3.63, 3.8) is 0 Å². The number of guanidine groups is 1. The van der Waals surface area contributed by atoms with Crippen LogP contribution in [0.5, 0.6) is 0 Å². The van der Waals surface area contributed by atoms with Gasteiger partial charge in [0.15, 0.2) is 21.5 Å². The molecule has 0 amide bonds. The Morgan fingerprint density at radius 1 is 1.22 bits per heavy atom. The van der Waals surface area contributed by atoms with E-state index >= 15 is 0 Å². The van der Waals surface area contributed by atoms with Crippen molar-refractivity contribution in [1.82, 2.24) is 15.6 Å². The minimum atomic E-state index is -4.44. The number of aliphatic imine (C=N–C) groups is 1. The molecule has 1 heterocycles. The van der Waals surface area contributed by atoms with Gasteiger partial charge in [-0.25, -0.2) is 13.4 Å². The van der Waals surface area contributed by atoms with Gasteiger partial charge in [-0.05, 0) is 24.1 Å². The van der Waals surface area contributed by atoms with Gasteiger partial charge in [0.1, 0.15) is 5.01 Å². The highest BCUT2D eigenvalue weighted by atomic mass is 32.2. The van der Waals surface area contributed by atoms with E-state index in [0.29, 0.717) is 23.9 Å². The van der Waals surface area contributed by atoms with Crippen molar-refractivity contribution in [3.05, 3.63) is 45.9 Å². The molecule has 6 nitrogen and oxygen atoms in total. The Kier molecular flexibility index (Phi) is 6.82. The number of thiazole rings is 1. The zero-order valence-corrected chi connectivity index (χ0v) is 16.3. The fraction of sp³-hybridized carbons (Fsp3) is 0.375. The first-order chi connectivity index (χ1) is 12.6. The maximum absolute atomic E-state index is 12.5. The molecule has 1 aromatic carbocycles. The monoisotopic (exact) mass is 420 g/mol. The first-order valence-electron chi connectivity index (χ1n) is 7.84. The zero-order chi connectivity index (χ0) is 20.1. The number of rotatable bonds is 6. The highest BCUT2D eigenvalue weighted by molar-refractivity contribution is 7.90. The maximum atomic E-state index is 12.5. The molecule has 0 fully saturated rings. The van der Waals surface area contributed by atoms with Gasteiger partial charge >= 0.3 is 6.18 Å². The van der Waals surface area contributed by atoms with E-state index in [-0.39, 0.29) is 11.4 Å². The molecule has 0 aliphatic rings. The van der Waals surface area contributed by atoms with Crippen molar-refractivity contribution >= 4 is 27.1 Å². The number of aromatic nitrogens is 1. The average Bonchev–Trinajstić information content (AvgIpc) is 3.07. The van der Waals surface area contributed by atoms with Crippen LogP contribution in [0.25, 0.3) is 0 Å². The minimum absolute atomic E-state index is 0.128. The summed E-state index contributed by atoms with van der Waals surface area (Å²) in [6.07, 6.45) is -2.67. The van der Waals surface area contributed by atoms with Gasteiger partial charge in [0.2, 0.25) is 0 Å². The molecule has 0 radical (unpaired) electrons. The number of nitrogens with one attached hydrogen (secondary N) is 2. The normalized spacial score (nSPS) is 12.9. The summed E-state index contributed by atoms with van der Waals surface area (Å²) >= 11 is 0.927. The van der Waals surface area contributed by atoms with Gasteiger partial charge in [-0.2, -0.15) is 13.2 Å². The minimum Gasteiger partial charge on any atom is -0.356 e. The molecule has 0 unspecified atom stereocenters. The van der Waals surface area contributed by atoms with Gasteiger partial charge in [-0.15, -0.1) is 11.3 Å². The van der Waals surface area contributed by atoms with E-state index in [9.17, 15) is 21.6 Å². The second kappa shape index (κ2) is 8.70. The average molecular weight is 420 g/mol. The lowest BCUT2D eigenvalue weighted by molar-refractivity contribution is -0.140. The Labute approximate surface area is 159 Å². The molecule has 0 aliphatic heterocycles. The molecule has 0 spiro atoms. The Morgan fingerprint density at radius 3 is 2.41 bits per heavy atom. The smallest absolute Gasteiger partial charge is 0.356 e. The molecular formula is C16H19F3N4O2S2. The Bertz CT molecular complexity index is 891. The summed E-state index contributed by atoms with van der Waals surface area (Å²) in [7, 11) is -1.66. The molecule has 1 aromatic heterocycles. The van der Waals surface area contributed by atoms with Crippen molar-refractivity contribution in [2.24, 2.45) is 4.99 Å². The lowest BCUT2D eigenvalue weighted by atomic mass is 10.1. The lowest BCUT2D eigenvalue weighted by Gasteiger charge is -2.11. The molecule has 27 heavy (non-hydrogen) atoms. The molecule has 2 aromatic rings. The molecule has 2 rings (SSSR count). The highest BCUT2D eigenvalue weighted by Crippen LogP contribution is 2.29. The van der Waals surface area contributed by atoms with Gasteiger partial charge < -0.3 is 10.6 Å². The first kappa shape index (κ1) is 21.2. The standard InChI is InChI=1S/C16H19F3N4O2S2/c1-20-15(22-9-14-23-13(10-26-14)16(17,18)19)21-8-7-11-3-5-12(6-4-11)27(2,24)25/h3-6,10H,7-9H2,1-2H3,(H2,20,21,22). The summed E-state index contributed by atoms with van der Waals surface area (Å²) in [4.78, 5) is 7.81. The molecule has 11 heteroatoms. The fourth-order valence-corrected chi connectivity index (χ4v) is 3.50. The van der Waals surface area contributed by atoms with Gasteiger partial charge in [-0.3, -0.25) is 4.99 Å². The summed E-state index contributed by atoms with van der Waals surface area (Å²) < 4.78 is 60.5. The highest BCUT2D eigenvalue weighted by Gasteiger charge is 2.33. The van der Waals surface area contributed by atoms with Crippen LogP contribution in [-0.4, -0.2) is 39.2 Å². The van der Waals surface area contributed by atoms with Crippen molar-refractivity contribution in [1.29, 1.82) is 0 Å². The predicted molar refractivity (Wildman–Crippen MR) is 98.6 cm³/mol. The second-order valence-corrected chi connectivity index (χ2v) is 8.60. The SMILES string of the molecule is CN=C(NCCc1ccc(S(C)(=O)=O)cc1)NCc1nc(C(F)(F)F)cs1. The summed E-state index contributed by atoms with van der Waals surface area (Å²) in [6, 6.07) is 6.59. The number of benzene rings is 1. The maximum Gasteiger partial charge on any atom is 0.434 e. The zero-order valence-electron chi connectivity index (χ0n) is 14.7. The molecule has 0 saturated carbocycles. The topological polar surface area (TPSA) is 83.5 Å². The fourth-order valence-electron chi connectivity index (χ4n) is 2.13. The van der Waals surface area contributed by atoms with Crippen LogP contribution in [0.2, 0.25) is 0 Å². The van der Waals surface area contributed by atoms with Crippen molar-refractivity contribution < 1.29 is 21.6 Å². The third-order valence-electron chi connectivity index (χ3n) is 3.53. The molecule has 0 aliphatic carbocycles. The van der Waals surface area contributed by atoms with E-state index < -0.39 is 21.7 Å². The first-order valence-corrected chi connectivity index (χ1v) is 10.6. The van der Waals surface area contributed by atoms with Crippen molar-refractivity contribution in [3.8, 4) is 0 Å². The van der Waals surface area contributed by atoms with Crippen LogP contribution in [-0.2, 0) is 29.0 Å². The summed E-state index contributed by atoms with van der Waals surface area (Å²) in [5.41, 5.74) is 0.0462. The van der Waals surface area contributed by atoms with Crippen LogP contribution in [0.15, 0.2) is 39.5 Å². The summed E-state index contributed by atoms with van der Waals surface area (Å²) in [6.45, 7) is 0.646. The van der Waals surface area contributed by atoms with Crippen LogP contribution in [0, 0.1) is 0 Å². The van der Waals surface area contributed by atoms with E-state index in [1.165, 1.54) is 0 Å². The number of hydrogen-bond donors (Lipinski definition) is 2. The van der Waals surface area contributed by atoms with Gasteiger partial charge in [0.05, 0.1) is 11.4 Å². The van der Waals surface area contributed by atoms with E-state index in [1.807, 2.05) is 0 Å². The predicted octanol–water partition coefficient (Wildman–Crippen LogP) is 2.47.